The van der Waals surface area contributed by atoms with Gasteiger partial charge in [-0.1, -0.05) is 6.92 Å². The Kier molecular flexibility index (Phi) is 4.66. The van der Waals surface area contributed by atoms with Gasteiger partial charge in [-0.15, -0.1) is 11.8 Å². The fraction of sp³-hybridized carbons (Fsp3) is 0.455. The summed E-state index contributed by atoms with van der Waals surface area (Å²) in [6, 6.07) is 3.04. The maximum atomic E-state index is 11.4. The standard InChI is InChI=1S/C11H18N2O3S2/c1-6-10(17-8(3)7(2)14)4-9(12)5-11(6)18(13,15)16/h4-5,7-8,14H,12H2,1-3H3,(H2,13,15,16). The third kappa shape index (κ3) is 3.61. The summed E-state index contributed by atoms with van der Waals surface area (Å²) >= 11 is 1.37. The summed E-state index contributed by atoms with van der Waals surface area (Å²) in [5.41, 5.74) is 6.58. The van der Waals surface area contributed by atoms with Crippen LogP contribution in [0.5, 0.6) is 0 Å². The molecule has 18 heavy (non-hydrogen) atoms. The molecule has 0 aliphatic carbocycles. The van der Waals surface area contributed by atoms with Gasteiger partial charge in [-0.3, -0.25) is 0 Å². The number of benzene rings is 1. The van der Waals surface area contributed by atoms with Crippen LogP contribution in [0, 0.1) is 6.92 Å². The first-order valence-electron chi connectivity index (χ1n) is 5.40. The fourth-order valence-electron chi connectivity index (χ4n) is 1.40. The Morgan fingerprint density at radius 2 is 1.89 bits per heavy atom. The van der Waals surface area contributed by atoms with Crippen molar-refractivity contribution in [2.45, 2.75) is 41.9 Å². The van der Waals surface area contributed by atoms with Gasteiger partial charge in [0.2, 0.25) is 10.0 Å². The molecule has 0 aromatic heterocycles. The van der Waals surface area contributed by atoms with Crippen molar-refractivity contribution >= 4 is 27.5 Å². The molecular weight excluding hydrogens is 272 g/mol. The van der Waals surface area contributed by atoms with Crippen LogP contribution in [-0.4, -0.2) is 24.9 Å². The van der Waals surface area contributed by atoms with Gasteiger partial charge in [0.15, 0.2) is 0 Å². The number of nitrogens with two attached hydrogens (primary N) is 2. The number of aliphatic hydroxyl groups excluding tert-OH is 1. The second-order valence-electron chi connectivity index (χ2n) is 4.25. The highest BCUT2D eigenvalue weighted by molar-refractivity contribution is 8.00. The molecular formula is C11H18N2O3S2. The Balaban J connectivity index is 3.26. The Labute approximate surface area is 112 Å². The van der Waals surface area contributed by atoms with E-state index in [1.54, 1.807) is 19.9 Å². The highest BCUT2D eigenvalue weighted by atomic mass is 32.2. The number of nitrogen functional groups attached to an aromatic ring is 1. The van der Waals surface area contributed by atoms with Gasteiger partial charge in [-0.25, -0.2) is 13.6 Å². The zero-order valence-electron chi connectivity index (χ0n) is 10.5. The molecule has 0 bridgehead atoms. The Bertz CT molecular complexity index is 541. The minimum atomic E-state index is -3.79. The second-order valence-corrected chi connectivity index (χ2v) is 7.20. The van der Waals surface area contributed by atoms with E-state index in [1.165, 1.54) is 17.8 Å². The van der Waals surface area contributed by atoms with E-state index in [4.69, 9.17) is 10.9 Å². The van der Waals surface area contributed by atoms with Crippen LogP contribution in [-0.2, 0) is 10.0 Å². The van der Waals surface area contributed by atoms with Crippen LogP contribution in [0.25, 0.3) is 0 Å². The summed E-state index contributed by atoms with van der Waals surface area (Å²) < 4.78 is 22.9. The monoisotopic (exact) mass is 290 g/mol. The molecule has 1 rings (SSSR count). The summed E-state index contributed by atoms with van der Waals surface area (Å²) in [5.74, 6) is 0. The summed E-state index contributed by atoms with van der Waals surface area (Å²) in [6.45, 7) is 5.21. The van der Waals surface area contributed by atoms with Crippen molar-refractivity contribution in [1.82, 2.24) is 0 Å². The van der Waals surface area contributed by atoms with E-state index < -0.39 is 16.1 Å². The largest absolute Gasteiger partial charge is 0.399 e. The van der Waals surface area contributed by atoms with E-state index in [-0.39, 0.29) is 10.1 Å². The molecule has 102 valence electrons. The van der Waals surface area contributed by atoms with Crippen molar-refractivity contribution in [3.63, 3.8) is 0 Å². The number of primary sulfonamides is 1. The highest BCUT2D eigenvalue weighted by Gasteiger charge is 2.18. The highest BCUT2D eigenvalue weighted by Crippen LogP contribution is 2.33. The van der Waals surface area contributed by atoms with Crippen molar-refractivity contribution in [3.05, 3.63) is 17.7 Å². The Morgan fingerprint density at radius 1 is 1.33 bits per heavy atom. The van der Waals surface area contributed by atoms with Crippen LogP contribution in [0.1, 0.15) is 19.4 Å². The van der Waals surface area contributed by atoms with E-state index in [1.807, 2.05) is 6.92 Å². The molecule has 0 heterocycles. The Morgan fingerprint density at radius 3 is 2.33 bits per heavy atom. The lowest BCUT2D eigenvalue weighted by atomic mass is 10.2. The number of sulfonamides is 1. The minimum absolute atomic E-state index is 0.0304. The van der Waals surface area contributed by atoms with Gasteiger partial charge < -0.3 is 10.8 Å². The summed E-state index contributed by atoms with van der Waals surface area (Å²) in [5, 5.41) is 14.6. The van der Waals surface area contributed by atoms with E-state index in [0.717, 1.165) is 0 Å². The lowest BCUT2D eigenvalue weighted by Crippen LogP contribution is -2.17. The molecule has 7 heteroatoms. The van der Waals surface area contributed by atoms with Gasteiger partial charge >= 0.3 is 0 Å². The van der Waals surface area contributed by atoms with Crippen molar-refractivity contribution in [2.75, 3.05) is 5.73 Å². The maximum Gasteiger partial charge on any atom is 0.238 e. The van der Waals surface area contributed by atoms with Gasteiger partial charge in [0.1, 0.15) is 0 Å². The number of anilines is 1. The van der Waals surface area contributed by atoms with Gasteiger partial charge in [0.25, 0.3) is 0 Å². The molecule has 0 aliphatic heterocycles. The fourth-order valence-corrected chi connectivity index (χ4v) is 3.39. The normalized spacial score (nSPS) is 15.4. The Hall–Kier alpha value is -0.760. The molecule has 5 nitrogen and oxygen atoms in total. The van der Waals surface area contributed by atoms with Gasteiger partial charge in [0.05, 0.1) is 11.0 Å². The predicted octanol–water partition coefficient (Wildman–Crippen LogP) is 1.09. The summed E-state index contributed by atoms with van der Waals surface area (Å²) in [6.07, 6.45) is -0.506. The molecule has 1 aromatic rings. The van der Waals surface area contributed by atoms with Crippen LogP contribution < -0.4 is 10.9 Å². The van der Waals surface area contributed by atoms with Gasteiger partial charge in [-0.2, -0.15) is 0 Å². The number of hydrogen-bond acceptors (Lipinski definition) is 5. The van der Waals surface area contributed by atoms with Crippen LogP contribution in [0.15, 0.2) is 21.9 Å². The molecule has 0 aliphatic rings. The first kappa shape index (κ1) is 15.3. The third-order valence-corrected chi connectivity index (χ3v) is 5.11. The summed E-state index contributed by atoms with van der Waals surface area (Å²) in [4.78, 5) is 0.746. The number of hydrogen-bond donors (Lipinski definition) is 3. The van der Waals surface area contributed by atoms with Crippen LogP contribution >= 0.6 is 11.8 Å². The SMILES string of the molecule is Cc1c(SC(C)C(C)O)cc(N)cc1S(N)(=O)=O. The van der Waals surface area contributed by atoms with E-state index >= 15 is 0 Å². The minimum Gasteiger partial charge on any atom is -0.399 e. The van der Waals surface area contributed by atoms with E-state index in [2.05, 4.69) is 0 Å². The first-order chi connectivity index (χ1) is 8.12. The zero-order valence-corrected chi connectivity index (χ0v) is 12.2. The smallest absolute Gasteiger partial charge is 0.238 e. The number of rotatable bonds is 4. The van der Waals surface area contributed by atoms with Crippen LogP contribution in [0.4, 0.5) is 5.69 Å². The molecule has 5 N–H and O–H groups in total. The van der Waals surface area contributed by atoms with Crippen LogP contribution in [0.3, 0.4) is 0 Å². The second kappa shape index (κ2) is 5.48. The number of thioether (sulfide) groups is 1. The van der Waals surface area contributed by atoms with E-state index in [0.29, 0.717) is 16.1 Å². The van der Waals surface area contributed by atoms with Gasteiger partial charge in [-0.05, 0) is 31.5 Å². The van der Waals surface area contributed by atoms with Crippen molar-refractivity contribution in [3.8, 4) is 0 Å². The van der Waals surface area contributed by atoms with Crippen molar-refractivity contribution < 1.29 is 13.5 Å². The number of aliphatic hydroxyl groups is 1. The zero-order chi connectivity index (χ0) is 14.1. The lowest BCUT2D eigenvalue weighted by molar-refractivity contribution is 0.196. The lowest BCUT2D eigenvalue weighted by Gasteiger charge is -2.17. The van der Waals surface area contributed by atoms with E-state index in [9.17, 15) is 13.5 Å². The topological polar surface area (TPSA) is 106 Å². The third-order valence-electron chi connectivity index (χ3n) is 2.63. The molecule has 0 radical (unpaired) electrons. The molecule has 0 spiro atoms. The molecule has 0 saturated carbocycles. The average molecular weight is 290 g/mol. The quantitative estimate of drug-likeness (QED) is 0.568. The molecule has 0 amide bonds. The summed E-state index contributed by atoms with van der Waals surface area (Å²) in [7, 11) is -3.79. The molecule has 1 aromatic carbocycles. The van der Waals surface area contributed by atoms with Crippen molar-refractivity contribution in [1.29, 1.82) is 0 Å². The molecule has 0 fully saturated rings. The molecule has 2 atom stereocenters. The molecule has 2 unspecified atom stereocenters. The first-order valence-corrected chi connectivity index (χ1v) is 7.83. The van der Waals surface area contributed by atoms with Gasteiger partial charge in [0, 0.05) is 15.8 Å². The van der Waals surface area contributed by atoms with Crippen molar-refractivity contribution in [2.24, 2.45) is 5.14 Å². The predicted molar refractivity (Wildman–Crippen MR) is 74.0 cm³/mol. The van der Waals surface area contributed by atoms with Crippen LogP contribution in [0.2, 0.25) is 0 Å². The maximum absolute atomic E-state index is 11.4. The average Bonchev–Trinajstić information content (AvgIpc) is 2.21. The molecule has 0 saturated heterocycles.